The molecule has 34 heavy (non-hydrogen) atoms. The Morgan fingerprint density at radius 3 is 2.47 bits per heavy atom. The molecule has 178 valence electrons. The summed E-state index contributed by atoms with van der Waals surface area (Å²) < 4.78 is 13.7. The minimum absolute atomic E-state index is 0.0818. The van der Waals surface area contributed by atoms with Crippen LogP contribution in [0.4, 0.5) is 4.39 Å². The van der Waals surface area contributed by atoms with Crippen LogP contribution >= 0.6 is 22.9 Å². The van der Waals surface area contributed by atoms with Gasteiger partial charge in [-0.3, -0.25) is 9.59 Å². The lowest BCUT2D eigenvalue weighted by Gasteiger charge is -2.34. The van der Waals surface area contributed by atoms with Gasteiger partial charge in [-0.05, 0) is 64.6 Å². The maximum atomic E-state index is 13.7. The van der Waals surface area contributed by atoms with Crippen LogP contribution in [0, 0.1) is 5.82 Å². The lowest BCUT2D eigenvalue weighted by Crippen LogP contribution is -2.47. The predicted molar refractivity (Wildman–Crippen MR) is 134 cm³/mol. The number of benzene rings is 2. The van der Waals surface area contributed by atoms with Crippen molar-refractivity contribution in [2.45, 2.75) is 57.2 Å². The normalized spacial score (nSPS) is 15.0. The third-order valence-electron chi connectivity index (χ3n) is 6.25. The van der Waals surface area contributed by atoms with E-state index in [0.717, 1.165) is 36.8 Å². The van der Waals surface area contributed by atoms with Crippen molar-refractivity contribution in [3.8, 4) is 0 Å². The van der Waals surface area contributed by atoms with E-state index >= 15 is 0 Å². The quantitative estimate of drug-likeness (QED) is 0.396. The fourth-order valence-electron chi connectivity index (χ4n) is 4.45. The van der Waals surface area contributed by atoms with E-state index in [9.17, 15) is 14.0 Å². The van der Waals surface area contributed by atoms with Crippen molar-refractivity contribution in [1.29, 1.82) is 0 Å². The third kappa shape index (κ3) is 6.24. The van der Waals surface area contributed by atoms with Crippen molar-refractivity contribution in [2.75, 3.05) is 0 Å². The minimum Gasteiger partial charge on any atom is -0.351 e. The minimum atomic E-state index is -0.898. The molecule has 0 bridgehead atoms. The van der Waals surface area contributed by atoms with Crippen molar-refractivity contribution < 1.29 is 14.0 Å². The highest BCUT2D eigenvalue weighted by molar-refractivity contribution is 7.08. The Bertz CT molecular complexity index is 1100. The molecule has 0 aliphatic heterocycles. The molecule has 0 spiro atoms. The molecule has 3 aromatic rings. The summed E-state index contributed by atoms with van der Waals surface area (Å²) in [4.78, 5) is 28.9. The molecule has 7 heteroatoms. The lowest BCUT2D eigenvalue weighted by atomic mass is 9.94. The Balaban J connectivity index is 1.70. The van der Waals surface area contributed by atoms with E-state index in [0.29, 0.717) is 10.6 Å². The fourth-order valence-corrected chi connectivity index (χ4v) is 5.31. The largest absolute Gasteiger partial charge is 0.351 e. The van der Waals surface area contributed by atoms with Gasteiger partial charge >= 0.3 is 0 Å². The van der Waals surface area contributed by atoms with Crippen molar-refractivity contribution >= 4 is 34.8 Å². The van der Waals surface area contributed by atoms with Crippen LogP contribution in [0.3, 0.4) is 0 Å². The number of hydrogen-bond acceptors (Lipinski definition) is 3. The Kier molecular flexibility index (Phi) is 8.35. The van der Waals surface area contributed by atoms with Gasteiger partial charge in [0, 0.05) is 17.6 Å². The van der Waals surface area contributed by atoms with Crippen molar-refractivity contribution in [1.82, 2.24) is 10.2 Å². The number of nitrogens with one attached hydrogen (secondary N) is 1. The molecule has 0 unspecified atom stereocenters. The number of halogens is 2. The summed E-state index contributed by atoms with van der Waals surface area (Å²) >= 11 is 7.96. The molecule has 2 aromatic carbocycles. The number of amides is 2. The molecule has 1 saturated carbocycles. The first-order valence-corrected chi connectivity index (χ1v) is 12.9. The van der Waals surface area contributed by atoms with Crippen molar-refractivity contribution in [3.63, 3.8) is 0 Å². The van der Waals surface area contributed by atoms with Gasteiger partial charge in [0.2, 0.25) is 11.8 Å². The molecule has 4 rings (SSSR count). The van der Waals surface area contributed by atoms with Crippen LogP contribution in [0.5, 0.6) is 0 Å². The number of carbonyl (C=O) groups is 2. The third-order valence-corrected chi connectivity index (χ3v) is 7.35. The van der Waals surface area contributed by atoms with Crippen LogP contribution in [0.25, 0.3) is 0 Å². The van der Waals surface area contributed by atoms with E-state index < -0.39 is 11.9 Å². The van der Waals surface area contributed by atoms with Crippen molar-refractivity contribution in [2.24, 2.45) is 0 Å². The van der Waals surface area contributed by atoms with Gasteiger partial charge in [0.1, 0.15) is 11.9 Å². The predicted octanol–water partition coefficient (Wildman–Crippen LogP) is 6.30. The molecule has 2 amide bonds. The molecule has 0 saturated heterocycles. The number of rotatable bonds is 8. The molecular formula is C27H28ClFN2O2S. The second-order valence-corrected chi connectivity index (χ2v) is 9.91. The average molecular weight is 499 g/mol. The molecule has 1 fully saturated rings. The summed E-state index contributed by atoms with van der Waals surface area (Å²) in [5, 5.41) is 7.55. The number of hydrogen-bond donors (Lipinski definition) is 1. The van der Waals surface area contributed by atoms with Gasteiger partial charge in [0.25, 0.3) is 0 Å². The molecule has 0 radical (unpaired) electrons. The molecule has 1 atom stereocenters. The molecule has 4 nitrogen and oxygen atoms in total. The Labute approximate surface area is 208 Å². The Hall–Kier alpha value is -2.70. The van der Waals surface area contributed by atoms with E-state index in [4.69, 9.17) is 11.6 Å². The van der Waals surface area contributed by atoms with Crippen LogP contribution in [0.2, 0.25) is 5.02 Å². The average Bonchev–Trinajstić information content (AvgIpc) is 3.35. The van der Waals surface area contributed by atoms with E-state index in [1.165, 1.54) is 29.9 Å². The summed E-state index contributed by atoms with van der Waals surface area (Å²) in [5.74, 6) is -0.826. The van der Waals surface area contributed by atoms with Gasteiger partial charge in [-0.1, -0.05) is 61.2 Å². The molecule has 1 aliphatic carbocycles. The number of carbonyl (C=O) groups excluding carboxylic acids is 2. The van der Waals surface area contributed by atoms with Gasteiger partial charge < -0.3 is 10.2 Å². The Morgan fingerprint density at radius 1 is 1.06 bits per heavy atom. The number of thiophene rings is 1. The molecule has 1 N–H and O–H groups in total. The summed E-state index contributed by atoms with van der Waals surface area (Å²) in [6.07, 6.45) is 5.34. The van der Waals surface area contributed by atoms with Crippen LogP contribution in [0.1, 0.15) is 54.8 Å². The van der Waals surface area contributed by atoms with E-state index in [1.807, 2.05) is 35.0 Å². The maximum absolute atomic E-state index is 13.7. The SMILES string of the molecule is O=C(NC1CCCCC1)[C@H](c1ccc(F)cc1)N(Cc1ccccc1Cl)C(=O)Cc1ccsc1. The summed E-state index contributed by atoms with van der Waals surface area (Å²) in [7, 11) is 0. The summed E-state index contributed by atoms with van der Waals surface area (Å²) in [5.41, 5.74) is 2.21. The van der Waals surface area contributed by atoms with Crippen LogP contribution in [0.15, 0.2) is 65.4 Å². The fraction of sp³-hybridized carbons (Fsp3) is 0.333. The lowest BCUT2D eigenvalue weighted by molar-refractivity contribution is -0.141. The second kappa shape index (κ2) is 11.6. The molecule has 1 heterocycles. The molecule has 1 aliphatic rings. The van der Waals surface area contributed by atoms with E-state index in [-0.39, 0.29) is 30.8 Å². The second-order valence-electron chi connectivity index (χ2n) is 8.72. The van der Waals surface area contributed by atoms with Crippen LogP contribution in [-0.4, -0.2) is 22.8 Å². The first kappa shape index (κ1) is 24.4. The van der Waals surface area contributed by atoms with E-state index in [2.05, 4.69) is 5.32 Å². The highest BCUT2D eigenvalue weighted by Gasteiger charge is 2.33. The standard InChI is InChI=1S/C27H28ClFN2O2S/c28-24-9-5-4-6-21(24)17-31(25(32)16-19-14-15-34-18-19)26(20-10-12-22(29)13-11-20)27(33)30-23-7-2-1-3-8-23/h4-6,9-15,18,23,26H,1-3,7-8,16-17H2,(H,30,33)/t26-/m0/s1. The first-order chi connectivity index (χ1) is 16.5. The van der Waals surface area contributed by atoms with Gasteiger partial charge in [-0.15, -0.1) is 0 Å². The zero-order valence-corrected chi connectivity index (χ0v) is 20.5. The van der Waals surface area contributed by atoms with Crippen LogP contribution < -0.4 is 5.32 Å². The van der Waals surface area contributed by atoms with Gasteiger partial charge in [0.15, 0.2) is 0 Å². The summed E-state index contributed by atoms with van der Waals surface area (Å²) in [6, 6.07) is 14.2. The molecule has 1 aromatic heterocycles. The molecular weight excluding hydrogens is 471 g/mol. The topological polar surface area (TPSA) is 49.4 Å². The van der Waals surface area contributed by atoms with Gasteiger partial charge in [0.05, 0.1) is 6.42 Å². The highest BCUT2D eigenvalue weighted by atomic mass is 35.5. The monoisotopic (exact) mass is 498 g/mol. The smallest absolute Gasteiger partial charge is 0.247 e. The van der Waals surface area contributed by atoms with Crippen molar-refractivity contribution in [3.05, 3.63) is 92.9 Å². The van der Waals surface area contributed by atoms with Gasteiger partial charge in [-0.2, -0.15) is 11.3 Å². The maximum Gasteiger partial charge on any atom is 0.247 e. The number of nitrogens with zero attached hydrogens (tertiary/aromatic N) is 1. The highest BCUT2D eigenvalue weighted by Crippen LogP contribution is 2.28. The van der Waals surface area contributed by atoms with E-state index in [1.54, 1.807) is 23.1 Å². The van der Waals surface area contributed by atoms with Gasteiger partial charge in [-0.25, -0.2) is 4.39 Å². The Morgan fingerprint density at radius 2 is 1.79 bits per heavy atom. The zero-order chi connectivity index (χ0) is 23.9. The van der Waals surface area contributed by atoms with Crippen LogP contribution in [-0.2, 0) is 22.6 Å². The zero-order valence-electron chi connectivity index (χ0n) is 18.9. The summed E-state index contributed by atoms with van der Waals surface area (Å²) in [6.45, 7) is 0.169. The first-order valence-electron chi connectivity index (χ1n) is 11.6.